The fourth-order valence-electron chi connectivity index (χ4n) is 3.76. The van der Waals surface area contributed by atoms with Crippen LogP contribution in [0.3, 0.4) is 0 Å². The summed E-state index contributed by atoms with van der Waals surface area (Å²) in [6.45, 7) is 4.72. The number of hydrogen-bond acceptors (Lipinski definition) is 5. The minimum Gasteiger partial charge on any atom is -0.508 e. The van der Waals surface area contributed by atoms with Crippen molar-refractivity contribution in [1.29, 1.82) is 0 Å². The summed E-state index contributed by atoms with van der Waals surface area (Å²) in [5.41, 5.74) is 3.70. The maximum absolute atomic E-state index is 14.9. The van der Waals surface area contributed by atoms with E-state index in [4.69, 9.17) is 4.74 Å². The average Bonchev–Trinajstić information content (AvgIpc) is 2.90. The molecule has 0 atom stereocenters. The predicted octanol–water partition coefficient (Wildman–Crippen LogP) is 6.49. The van der Waals surface area contributed by atoms with Crippen molar-refractivity contribution in [3.8, 4) is 22.6 Å². The lowest BCUT2D eigenvalue weighted by molar-refractivity contribution is 0.102. The highest BCUT2D eigenvalue weighted by atomic mass is 32.2. The van der Waals surface area contributed by atoms with Gasteiger partial charge in [0.1, 0.15) is 18.1 Å². The van der Waals surface area contributed by atoms with E-state index in [9.17, 15) is 22.7 Å². The minimum atomic E-state index is -3.69. The molecular formula is C30H29FN2O5S. The van der Waals surface area contributed by atoms with Crippen molar-refractivity contribution in [2.45, 2.75) is 32.6 Å². The number of anilines is 2. The second-order valence-electron chi connectivity index (χ2n) is 9.32. The van der Waals surface area contributed by atoms with Gasteiger partial charge in [0.25, 0.3) is 5.91 Å². The van der Waals surface area contributed by atoms with Crippen LogP contribution in [0.25, 0.3) is 11.1 Å². The third-order valence-electron chi connectivity index (χ3n) is 6.12. The normalized spacial score (nSPS) is 11.3. The molecule has 0 saturated carbocycles. The van der Waals surface area contributed by atoms with Gasteiger partial charge < -0.3 is 15.2 Å². The molecule has 0 unspecified atom stereocenters. The quantitative estimate of drug-likeness (QED) is 0.222. The van der Waals surface area contributed by atoms with Crippen LogP contribution in [-0.2, 0) is 16.6 Å². The van der Waals surface area contributed by atoms with Gasteiger partial charge in [-0.2, -0.15) is 0 Å². The van der Waals surface area contributed by atoms with Crippen LogP contribution in [0, 0.1) is 12.7 Å². The number of carbonyl (C=O) groups is 1. The molecule has 0 bridgehead atoms. The molecule has 0 heterocycles. The molecule has 0 aliphatic heterocycles. The van der Waals surface area contributed by atoms with Crippen molar-refractivity contribution in [3.63, 3.8) is 0 Å². The molecule has 4 aromatic rings. The van der Waals surface area contributed by atoms with Crippen LogP contribution in [0.5, 0.6) is 11.5 Å². The molecule has 3 N–H and O–H groups in total. The van der Waals surface area contributed by atoms with Crippen LogP contribution in [0.2, 0.25) is 0 Å². The van der Waals surface area contributed by atoms with Crippen LogP contribution >= 0.6 is 0 Å². The van der Waals surface area contributed by atoms with Gasteiger partial charge in [-0.1, -0.05) is 36.4 Å². The van der Waals surface area contributed by atoms with Crippen molar-refractivity contribution >= 4 is 27.3 Å². The first kappa shape index (κ1) is 27.7. The summed E-state index contributed by atoms with van der Waals surface area (Å²) in [4.78, 5) is 12.8. The zero-order valence-corrected chi connectivity index (χ0v) is 22.6. The Labute approximate surface area is 227 Å². The van der Waals surface area contributed by atoms with Crippen molar-refractivity contribution in [1.82, 2.24) is 0 Å². The van der Waals surface area contributed by atoms with Crippen molar-refractivity contribution < 1.29 is 27.4 Å². The summed E-state index contributed by atoms with van der Waals surface area (Å²) >= 11 is 0. The molecule has 1 amide bonds. The van der Waals surface area contributed by atoms with Gasteiger partial charge in [0.15, 0.2) is 5.82 Å². The Bertz CT molecular complexity index is 1590. The zero-order valence-electron chi connectivity index (χ0n) is 21.7. The minimum absolute atomic E-state index is 0.108. The first-order valence-electron chi connectivity index (χ1n) is 12.3. The number of hydrogen-bond donors (Lipinski definition) is 3. The van der Waals surface area contributed by atoms with E-state index in [0.717, 1.165) is 16.7 Å². The molecular weight excluding hydrogens is 519 g/mol. The maximum atomic E-state index is 14.9. The largest absolute Gasteiger partial charge is 0.508 e. The number of rotatable bonds is 9. The Hall–Kier alpha value is -4.37. The monoisotopic (exact) mass is 548 g/mol. The zero-order chi connectivity index (χ0) is 28.2. The van der Waals surface area contributed by atoms with Gasteiger partial charge in [-0.15, -0.1) is 0 Å². The van der Waals surface area contributed by atoms with E-state index in [-0.39, 0.29) is 29.5 Å². The van der Waals surface area contributed by atoms with E-state index in [0.29, 0.717) is 17.0 Å². The molecule has 4 rings (SSSR count). The van der Waals surface area contributed by atoms with Gasteiger partial charge in [-0.25, -0.2) is 12.8 Å². The summed E-state index contributed by atoms with van der Waals surface area (Å²) in [5, 5.41) is 11.6. The van der Waals surface area contributed by atoms with Crippen LogP contribution in [0.4, 0.5) is 15.8 Å². The molecule has 4 aromatic carbocycles. The number of phenols is 1. The molecule has 0 saturated heterocycles. The molecule has 0 fully saturated rings. The fourth-order valence-corrected chi connectivity index (χ4v) is 4.46. The van der Waals surface area contributed by atoms with Crippen LogP contribution in [0.1, 0.15) is 35.3 Å². The molecule has 202 valence electrons. The lowest BCUT2D eigenvalue weighted by Gasteiger charge is -2.15. The summed E-state index contributed by atoms with van der Waals surface area (Å²) in [5.74, 6) is -0.281. The van der Waals surface area contributed by atoms with E-state index >= 15 is 0 Å². The molecule has 0 radical (unpaired) electrons. The third kappa shape index (κ3) is 6.74. The Morgan fingerprint density at radius 2 is 1.59 bits per heavy atom. The van der Waals surface area contributed by atoms with Crippen molar-refractivity contribution in [3.05, 3.63) is 107 Å². The molecule has 9 heteroatoms. The number of nitrogens with one attached hydrogen (secondary N) is 2. The number of aryl methyl sites for hydroxylation is 1. The number of aromatic hydroxyl groups is 1. The molecule has 7 nitrogen and oxygen atoms in total. The van der Waals surface area contributed by atoms with E-state index < -0.39 is 21.1 Å². The summed E-state index contributed by atoms with van der Waals surface area (Å²) in [6.07, 6.45) is 0. The average molecular weight is 549 g/mol. The summed E-state index contributed by atoms with van der Waals surface area (Å²) in [7, 11) is -3.69. The lowest BCUT2D eigenvalue weighted by atomic mass is 10.0. The highest BCUT2D eigenvalue weighted by Gasteiger charge is 2.19. The number of ether oxygens (including phenoxy) is 1. The SMILES string of the molecule is Cc1cc(NC(=O)c2ccc(-c3ccc(O)cc3)cc2)ccc1OCc1cccc(NS(=O)(=O)C(C)C)c1F. The number of benzene rings is 4. The van der Waals surface area contributed by atoms with Crippen LogP contribution in [0.15, 0.2) is 84.9 Å². The summed E-state index contributed by atoms with van der Waals surface area (Å²) < 4.78 is 47.2. The number of amides is 1. The molecule has 0 aliphatic rings. The van der Waals surface area contributed by atoms with Crippen LogP contribution in [-0.4, -0.2) is 24.7 Å². The highest BCUT2D eigenvalue weighted by molar-refractivity contribution is 7.93. The Morgan fingerprint density at radius 3 is 2.21 bits per heavy atom. The standard InChI is InChI=1S/C30H29FN2O5S/c1-19(2)39(36,37)33-27-6-4-5-24(29(27)31)18-38-28-16-13-25(17-20(28)3)32-30(35)23-9-7-21(8-10-23)22-11-14-26(34)15-12-22/h4-17,19,33-34H,18H2,1-3H3,(H,32,35). The number of carbonyl (C=O) groups excluding carboxylic acids is 1. The molecule has 0 aliphatic carbocycles. The highest BCUT2D eigenvalue weighted by Crippen LogP contribution is 2.27. The molecule has 0 spiro atoms. The van der Waals surface area contributed by atoms with Crippen molar-refractivity contribution in [2.24, 2.45) is 0 Å². The molecule has 39 heavy (non-hydrogen) atoms. The first-order valence-corrected chi connectivity index (χ1v) is 13.8. The van der Waals surface area contributed by atoms with Gasteiger partial charge >= 0.3 is 0 Å². The van der Waals surface area contributed by atoms with Crippen molar-refractivity contribution in [2.75, 3.05) is 10.0 Å². The van der Waals surface area contributed by atoms with Crippen LogP contribution < -0.4 is 14.8 Å². The Kier molecular flexibility index (Phi) is 8.21. The second-order valence-corrected chi connectivity index (χ2v) is 11.6. The number of halogens is 1. The third-order valence-corrected chi connectivity index (χ3v) is 7.86. The predicted molar refractivity (Wildman–Crippen MR) is 151 cm³/mol. The van der Waals surface area contributed by atoms with E-state index in [1.807, 2.05) is 12.1 Å². The van der Waals surface area contributed by atoms with E-state index in [1.165, 1.54) is 26.0 Å². The number of sulfonamides is 1. The lowest BCUT2D eigenvalue weighted by Crippen LogP contribution is -2.23. The van der Waals surface area contributed by atoms with Gasteiger partial charge in [-0.3, -0.25) is 9.52 Å². The molecule has 0 aromatic heterocycles. The maximum Gasteiger partial charge on any atom is 0.255 e. The smallest absolute Gasteiger partial charge is 0.255 e. The number of phenolic OH excluding ortho intramolecular Hbond substituents is 1. The summed E-state index contributed by atoms with van der Waals surface area (Å²) in [6, 6.07) is 23.5. The van der Waals surface area contributed by atoms with Gasteiger partial charge in [0, 0.05) is 16.8 Å². The Morgan fingerprint density at radius 1 is 0.949 bits per heavy atom. The van der Waals surface area contributed by atoms with E-state index in [2.05, 4.69) is 10.0 Å². The van der Waals surface area contributed by atoms with Gasteiger partial charge in [0.05, 0.1) is 10.9 Å². The van der Waals surface area contributed by atoms with Gasteiger partial charge in [-0.05, 0) is 86.0 Å². The Balaban J connectivity index is 1.39. The van der Waals surface area contributed by atoms with E-state index in [1.54, 1.807) is 67.6 Å². The second kappa shape index (κ2) is 11.6. The fraction of sp³-hybridized carbons (Fsp3) is 0.167. The topological polar surface area (TPSA) is 105 Å². The van der Waals surface area contributed by atoms with Gasteiger partial charge in [0.2, 0.25) is 10.0 Å². The first-order chi connectivity index (χ1) is 18.5.